The largest absolute Gasteiger partial charge is 0.475 e. The molecular weight excluding hydrogens is 194 g/mol. The monoisotopic (exact) mass is 211 g/mol. The van der Waals surface area contributed by atoms with Gasteiger partial charge in [-0.25, -0.2) is 4.98 Å². The quantitative estimate of drug-likeness (QED) is 0.761. The molecule has 0 saturated carbocycles. The van der Waals surface area contributed by atoms with E-state index in [1.165, 1.54) is 0 Å². The van der Waals surface area contributed by atoms with Crippen LogP contribution >= 0.6 is 0 Å². The van der Waals surface area contributed by atoms with Crippen molar-refractivity contribution in [1.29, 1.82) is 0 Å². The zero-order valence-corrected chi connectivity index (χ0v) is 9.32. The highest BCUT2D eigenvalue weighted by molar-refractivity contribution is 5.37. The van der Waals surface area contributed by atoms with Crippen LogP contribution < -0.4 is 10.1 Å². The van der Waals surface area contributed by atoms with Gasteiger partial charge in [-0.3, -0.25) is 0 Å². The van der Waals surface area contributed by atoms with Gasteiger partial charge in [0.2, 0.25) is 5.88 Å². The van der Waals surface area contributed by atoms with Crippen LogP contribution in [0.25, 0.3) is 0 Å². The van der Waals surface area contributed by atoms with E-state index in [1.807, 2.05) is 13.8 Å². The van der Waals surface area contributed by atoms with E-state index in [2.05, 4.69) is 15.3 Å². The van der Waals surface area contributed by atoms with Gasteiger partial charge >= 0.3 is 0 Å². The van der Waals surface area contributed by atoms with Crippen LogP contribution in [0.15, 0.2) is 6.07 Å². The first-order chi connectivity index (χ1) is 7.17. The number of nitrogens with one attached hydrogen (secondary N) is 1. The van der Waals surface area contributed by atoms with E-state index >= 15 is 0 Å². The van der Waals surface area contributed by atoms with Gasteiger partial charge in [0.15, 0.2) is 0 Å². The highest BCUT2D eigenvalue weighted by Gasteiger charge is 2.07. The smallest absolute Gasteiger partial charge is 0.218 e. The van der Waals surface area contributed by atoms with Gasteiger partial charge in [-0.1, -0.05) is 13.8 Å². The van der Waals surface area contributed by atoms with Crippen LogP contribution in [-0.4, -0.2) is 35.3 Å². The first-order valence-corrected chi connectivity index (χ1v) is 4.97. The summed E-state index contributed by atoms with van der Waals surface area (Å²) in [5.74, 6) is 2.19. The second kappa shape index (κ2) is 5.50. The number of aromatic nitrogens is 2. The Morgan fingerprint density at radius 1 is 1.47 bits per heavy atom. The van der Waals surface area contributed by atoms with Crippen molar-refractivity contribution in [2.75, 3.05) is 25.6 Å². The van der Waals surface area contributed by atoms with Crippen molar-refractivity contribution in [2.45, 2.75) is 19.8 Å². The fraction of sp³-hybridized carbons (Fsp3) is 0.600. The highest BCUT2D eigenvalue weighted by Crippen LogP contribution is 2.17. The fourth-order valence-corrected chi connectivity index (χ4v) is 1.05. The molecule has 0 saturated heterocycles. The molecule has 0 aliphatic rings. The molecular formula is C10H17N3O2. The molecule has 1 aromatic rings. The molecule has 0 aliphatic carbocycles. The van der Waals surface area contributed by atoms with Crippen molar-refractivity contribution in [3.05, 3.63) is 11.9 Å². The third-order valence-electron chi connectivity index (χ3n) is 1.83. The summed E-state index contributed by atoms with van der Waals surface area (Å²) in [6.07, 6.45) is 0. The zero-order chi connectivity index (χ0) is 11.3. The minimum absolute atomic E-state index is 0.0180. The molecule has 15 heavy (non-hydrogen) atoms. The Hall–Kier alpha value is -1.36. The number of ether oxygens (including phenoxy) is 1. The second-order valence-corrected chi connectivity index (χ2v) is 3.43. The fourth-order valence-electron chi connectivity index (χ4n) is 1.05. The molecule has 5 heteroatoms. The van der Waals surface area contributed by atoms with Crippen LogP contribution in [0.4, 0.5) is 5.82 Å². The third kappa shape index (κ3) is 3.36. The minimum Gasteiger partial charge on any atom is -0.475 e. The highest BCUT2D eigenvalue weighted by atomic mass is 16.5. The minimum atomic E-state index is -0.0180. The third-order valence-corrected chi connectivity index (χ3v) is 1.83. The van der Waals surface area contributed by atoms with Crippen LogP contribution in [0, 0.1) is 0 Å². The molecule has 0 aliphatic heterocycles. The summed E-state index contributed by atoms with van der Waals surface area (Å²) in [6.45, 7) is 4.27. The lowest BCUT2D eigenvalue weighted by atomic mass is 10.2. The maximum atomic E-state index is 8.65. The van der Waals surface area contributed by atoms with Gasteiger partial charge in [-0.15, -0.1) is 0 Å². The van der Waals surface area contributed by atoms with E-state index in [0.717, 1.165) is 11.6 Å². The SMILES string of the molecule is CNc1cc(OCCO)nc(C(C)C)n1. The van der Waals surface area contributed by atoms with Gasteiger partial charge in [0, 0.05) is 19.0 Å². The van der Waals surface area contributed by atoms with Crippen LogP contribution in [0.3, 0.4) is 0 Å². The van der Waals surface area contributed by atoms with Crippen molar-refractivity contribution in [1.82, 2.24) is 9.97 Å². The van der Waals surface area contributed by atoms with Gasteiger partial charge in [-0.05, 0) is 0 Å². The number of aliphatic hydroxyl groups is 1. The van der Waals surface area contributed by atoms with E-state index in [-0.39, 0.29) is 19.1 Å². The first kappa shape index (κ1) is 11.7. The molecule has 84 valence electrons. The van der Waals surface area contributed by atoms with Crippen LogP contribution in [0.5, 0.6) is 5.88 Å². The van der Waals surface area contributed by atoms with E-state index < -0.39 is 0 Å². The Morgan fingerprint density at radius 2 is 2.20 bits per heavy atom. The number of hydrogen-bond donors (Lipinski definition) is 2. The Bertz CT molecular complexity index is 316. The normalized spacial score (nSPS) is 10.5. The van der Waals surface area contributed by atoms with E-state index in [0.29, 0.717) is 5.88 Å². The summed E-state index contributed by atoms with van der Waals surface area (Å²) in [6, 6.07) is 1.71. The molecule has 0 atom stereocenters. The molecule has 0 amide bonds. The summed E-state index contributed by atoms with van der Waals surface area (Å²) >= 11 is 0. The predicted octanol–water partition coefficient (Wildman–Crippen LogP) is 1.01. The molecule has 0 unspecified atom stereocenters. The molecule has 0 spiro atoms. The Kier molecular flexibility index (Phi) is 4.30. The standard InChI is InChI=1S/C10H17N3O2/c1-7(2)10-12-8(11-3)6-9(13-10)15-5-4-14/h6-7,14H,4-5H2,1-3H3,(H,11,12,13). The predicted molar refractivity (Wildman–Crippen MR) is 58.2 cm³/mol. The van der Waals surface area contributed by atoms with Crippen LogP contribution in [0.1, 0.15) is 25.6 Å². The molecule has 0 bridgehead atoms. The van der Waals surface area contributed by atoms with Gasteiger partial charge in [-0.2, -0.15) is 4.98 Å². The Labute approximate surface area is 89.5 Å². The summed E-state index contributed by atoms with van der Waals surface area (Å²) in [5.41, 5.74) is 0. The number of nitrogens with zero attached hydrogens (tertiary/aromatic N) is 2. The molecule has 1 heterocycles. The molecule has 2 N–H and O–H groups in total. The lowest BCUT2D eigenvalue weighted by Gasteiger charge is -2.10. The van der Waals surface area contributed by atoms with E-state index in [1.54, 1.807) is 13.1 Å². The van der Waals surface area contributed by atoms with Gasteiger partial charge in [0.05, 0.1) is 6.61 Å². The Morgan fingerprint density at radius 3 is 2.73 bits per heavy atom. The maximum absolute atomic E-state index is 8.65. The van der Waals surface area contributed by atoms with Crippen molar-refractivity contribution in [3.63, 3.8) is 0 Å². The summed E-state index contributed by atoms with van der Waals surface area (Å²) in [7, 11) is 1.79. The first-order valence-electron chi connectivity index (χ1n) is 4.97. The zero-order valence-electron chi connectivity index (χ0n) is 9.32. The molecule has 0 fully saturated rings. The van der Waals surface area contributed by atoms with Crippen LogP contribution in [-0.2, 0) is 0 Å². The average molecular weight is 211 g/mol. The number of hydrogen-bond acceptors (Lipinski definition) is 5. The number of aliphatic hydroxyl groups excluding tert-OH is 1. The van der Waals surface area contributed by atoms with Crippen molar-refractivity contribution >= 4 is 5.82 Å². The lowest BCUT2D eigenvalue weighted by Crippen LogP contribution is -2.07. The molecule has 1 aromatic heterocycles. The number of anilines is 1. The van der Waals surface area contributed by atoms with Crippen molar-refractivity contribution < 1.29 is 9.84 Å². The van der Waals surface area contributed by atoms with Crippen molar-refractivity contribution in [3.8, 4) is 5.88 Å². The summed E-state index contributed by atoms with van der Waals surface area (Å²) in [5, 5.41) is 11.6. The lowest BCUT2D eigenvalue weighted by molar-refractivity contribution is 0.196. The summed E-state index contributed by atoms with van der Waals surface area (Å²) < 4.78 is 5.25. The van der Waals surface area contributed by atoms with Crippen LogP contribution in [0.2, 0.25) is 0 Å². The topological polar surface area (TPSA) is 67.3 Å². The molecule has 1 rings (SSSR count). The second-order valence-electron chi connectivity index (χ2n) is 3.43. The summed E-state index contributed by atoms with van der Waals surface area (Å²) in [4.78, 5) is 8.53. The maximum Gasteiger partial charge on any atom is 0.218 e. The van der Waals surface area contributed by atoms with Crippen molar-refractivity contribution in [2.24, 2.45) is 0 Å². The Balaban J connectivity index is 2.90. The van der Waals surface area contributed by atoms with E-state index in [4.69, 9.17) is 9.84 Å². The van der Waals surface area contributed by atoms with Gasteiger partial charge in [0.25, 0.3) is 0 Å². The molecule has 0 aromatic carbocycles. The van der Waals surface area contributed by atoms with Gasteiger partial charge in [0.1, 0.15) is 18.2 Å². The van der Waals surface area contributed by atoms with E-state index in [9.17, 15) is 0 Å². The number of rotatable bonds is 5. The average Bonchev–Trinajstić information content (AvgIpc) is 2.25. The van der Waals surface area contributed by atoms with Gasteiger partial charge < -0.3 is 15.2 Å². The molecule has 0 radical (unpaired) electrons. The molecule has 5 nitrogen and oxygen atoms in total.